The quantitative estimate of drug-likeness (QED) is 0.601. The molecule has 3 N–H and O–H groups in total. The van der Waals surface area contributed by atoms with Crippen LogP contribution in [0.3, 0.4) is 0 Å². The minimum Gasteiger partial charge on any atom is -0.453 e. The minimum atomic E-state index is -1.57. The number of likely N-dealkylation sites (tertiary alicyclic amines) is 1. The molecular formula is C13H23NO6. The molecule has 1 fully saturated rings. The Morgan fingerprint density at radius 3 is 2.50 bits per heavy atom. The molecule has 0 aromatic heterocycles. The maximum Gasteiger partial charge on any atom is 0.412 e. The Morgan fingerprint density at radius 1 is 1.50 bits per heavy atom. The second kappa shape index (κ2) is 6.09. The van der Waals surface area contributed by atoms with Crippen molar-refractivity contribution in [2.75, 3.05) is 27.4 Å². The number of methoxy groups -OCH3 is 2. The average Bonchev–Trinajstić information content (AvgIpc) is 2.59. The highest BCUT2D eigenvalue weighted by atomic mass is 16.5. The second-order valence-corrected chi connectivity index (χ2v) is 5.08. The normalized spacial score (nSPS) is 37.0. The van der Waals surface area contributed by atoms with E-state index < -0.39 is 36.0 Å². The molecule has 1 rings (SSSR count). The van der Waals surface area contributed by atoms with Crippen molar-refractivity contribution in [3.8, 4) is 0 Å². The van der Waals surface area contributed by atoms with Gasteiger partial charge < -0.3 is 24.8 Å². The fourth-order valence-electron chi connectivity index (χ4n) is 2.92. The zero-order valence-corrected chi connectivity index (χ0v) is 12.1. The third kappa shape index (κ3) is 2.20. The Balaban J connectivity index is 3.29. The van der Waals surface area contributed by atoms with Gasteiger partial charge in [-0.1, -0.05) is 6.08 Å². The van der Waals surface area contributed by atoms with Gasteiger partial charge in [-0.15, -0.1) is 6.58 Å². The van der Waals surface area contributed by atoms with E-state index >= 15 is 0 Å². The van der Waals surface area contributed by atoms with Crippen LogP contribution in [0.4, 0.5) is 4.79 Å². The summed E-state index contributed by atoms with van der Waals surface area (Å²) in [7, 11) is 2.67. The van der Waals surface area contributed by atoms with Crippen LogP contribution in [0, 0.1) is 5.92 Å². The van der Waals surface area contributed by atoms with Gasteiger partial charge >= 0.3 is 6.09 Å². The molecule has 0 saturated carbocycles. The summed E-state index contributed by atoms with van der Waals surface area (Å²) >= 11 is 0. The van der Waals surface area contributed by atoms with Crippen LogP contribution < -0.4 is 0 Å². The Labute approximate surface area is 118 Å². The van der Waals surface area contributed by atoms with E-state index in [-0.39, 0.29) is 0 Å². The molecule has 20 heavy (non-hydrogen) atoms. The van der Waals surface area contributed by atoms with Crippen molar-refractivity contribution in [3.05, 3.63) is 12.7 Å². The summed E-state index contributed by atoms with van der Waals surface area (Å²) < 4.78 is 9.59. The first-order valence-electron chi connectivity index (χ1n) is 6.35. The lowest BCUT2D eigenvalue weighted by molar-refractivity contribution is -0.0674. The average molecular weight is 289 g/mol. The number of ether oxygens (including phenoxy) is 2. The first kappa shape index (κ1) is 16.9. The highest BCUT2D eigenvalue weighted by Crippen LogP contribution is 2.47. The molecule has 4 atom stereocenters. The number of aliphatic hydroxyl groups excluding tert-OH is 2. The molecule has 0 radical (unpaired) electrons. The minimum absolute atomic E-state index is 0.297. The summed E-state index contributed by atoms with van der Waals surface area (Å²) in [5, 5.41) is 30.8. The molecule has 7 nitrogen and oxygen atoms in total. The van der Waals surface area contributed by atoms with Gasteiger partial charge in [0.05, 0.1) is 19.3 Å². The molecule has 0 aliphatic carbocycles. The van der Waals surface area contributed by atoms with Crippen LogP contribution >= 0.6 is 0 Å². The van der Waals surface area contributed by atoms with E-state index in [1.165, 1.54) is 20.1 Å². The molecule has 1 amide bonds. The summed E-state index contributed by atoms with van der Waals surface area (Å²) in [6.07, 6.45) is -0.572. The van der Waals surface area contributed by atoms with Crippen LogP contribution in [0.25, 0.3) is 0 Å². The van der Waals surface area contributed by atoms with Crippen LogP contribution in [0.1, 0.15) is 13.3 Å². The van der Waals surface area contributed by atoms with Gasteiger partial charge in [0.2, 0.25) is 0 Å². The predicted octanol–water partition coefficient (Wildman–Crippen LogP) is -0.292. The van der Waals surface area contributed by atoms with Gasteiger partial charge in [-0.05, 0) is 13.3 Å². The fraction of sp³-hybridized carbons (Fsp3) is 0.769. The Hall–Kier alpha value is -1.15. The molecule has 1 aliphatic rings. The van der Waals surface area contributed by atoms with Crippen molar-refractivity contribution in [3.63, 3.8) is 0 Å². The standard InChI is InChI=1S/C13H23NO6/c1-5-13(8-15)12(2,18)9(6-7-19-3)10(16)14(13)11(17)20-4/h5,9-10,15-16,18H,1,6-8H2,2-4H3/t9-,10+,12-,13-/m0/s1. The van der Waals surface area contributed by atoms with Crippen LogP contribution in [0.2, 0.25) is 0 Å². The SMILES string of the molecule is C=C[C@@]1(CO)N(C(=O)OC)[C@H](O)[C@H](CCOC)[C@]1(C)O. The lowest BCUT2D eigenvalue weighted by Crippen LogP contribution is -2.61. The van der Waals surface area contributed by atoms with Crippen molar-refractivity contribution in [1.82, 2.24) is 4.90 Å². The summed E-state index contributed by atoms with van der Waals surface area (Å²) in [6, 6.07) is 0. The maximum absolute atomic E-state index is 11.9. The molecule has 1 aliphatic heterocycles. The van der Waals surface area contributed by atoms with Gasteiger partial charge in [0.25, 0.3) is 0 Å². The molecule has 1 saturated heterocycles. The van der Waals surface area contributed by atoms with E-state index in [9.17, 15) is 20.1 Å². The molecule has 116 valence electrons. The van der Waals surface area contributed by atoms with Crippen LogP contribution in [-0.4, -0.2) is 71.1 Å². The smallest absolute Gasteiger partial charge is 0.412 e. The second-order valence-electron chi connectivity index (χ2n) is 5.08. The van der Waals surface area contributed by atoms with Gasteiger partial charge in [0, 0.05) is 19.6 Å². The molecule has 0 aromatic rings. The first-order chi connectivity index (χ1) is 9.33. The number of aliphatic hydroxyl groups is 3. The summed E-state index contributed by atoms with van der Waals surface area (Å²) in [5.74, 6) is -0.702. The molecule has 1 heterocycles. The van der Waals surface area contributed by atoms with E-state index in [0.29, 0.717) is 13.0 Å². The van der Waals surface area contributed by atoms with Gasteiger partial charge in [-0.25, -0.2) is 4.79 Å². The van der Waals surface area contributed by atoms with Crippen molar-refractivity contribution >= 4 is 6.09 Å². The van der Waals surface area contributed by atoms with Crippen molar-refractivity contribution in [1.29, 1.82) is 0 Å². The molecular weight excluding hydrogens is 266 g/mol. The van der Waals surface area contributed by atoms with E-state index in [4.69, 9.17) is 4.74 Å². The molecule has 0 bridgehead atoms. The topological polar surface area (TPSA) is 99.5 Å². The molecule has 7 heteroatoms. The maximum atomic E-state index is 11.9. The Morgan fingerprint density at radius 2 is 2.10 bits per heavy atom. The van der Waals surface area contributed by atoms with E-state index in [2.05, 4.69) is 11.3 Å². The van der Waals surface area contributed by atoms with E-state index in [0.717, 1.165) is 12.0 Å². The van der Waals surface area contributed by atoms with Crippen LogP contribution in [0.5, 0.6) is 0 Å². The van der Waals surface area contributed by atoms with Gasteiger partial charge in [-0.3, -0.25) is 4.90 Å². The summed E-state index contributed by atoms with van der Waals surface area (Å²) in [6.45, 7) is 4.75. The van der Waals surface area contributed by atoms with Gasteiger partial charge in [-0.2, -0.15) is 0 Å². The number of carbonyl (C=O) groups is 1. The highest BCUT2D eigenvalue weighted by molar-refractivity contribution is 5.70. The number of rotatable bonds is 5. The van der Waals surface area contributed by atoms with Gasteiger partial charge in [0.1, 0.15) is 11.8 Å². The Bertz CT molecular complexity index is 372. The van der Waals surface area contributed by atoms with Crippen LogP contribution in [0.15, 0.2) is 12.7 Å². The largest absolute Gasteiger partial charge is 0.453 e. The van der Waals surface area contributed by atoms with Crippen molar-refractivity contribution in [2.45, 2.75) is 30.7 Å². The zero-order chi connectivity index (χ0) is 15.6. The van der Waals surface area contributed by atoms with E-state index in [1.54, 1.807) is 0 Å². The van der Waals surface area contributed by atoms with Crippen LogP contribution in [-0.2, 0) is 9.47 Å². The lowest BCUT2D eigenvalue weighted by Gasteiger charge is -2.41. The first-order valence-corrected chi connectivity index (χ1v) is 6.35. The fourth-order valence-corrected chi connectivity index (χ4v) is 2.92. The Kier molecular flexibility index (Phi) is 5.15. The number of hydrogen-bond donors (Lipinski definition) is 3. The third-order valence-electron chi connectivity index (χ3n) is 4.24. The number of hydrogen-bond acceptors (Lipinski definition) is 6. The number of carbonyl (C=O) groups excluding carboxylic acids is 1. The zero-order valence-electron chi connectivity index (χ0n) is 12.1. The molecule has 0 aromatic carbocycles. The number of amides is 1. The van der Waals surface area contributed by atoms with Gasteiger partial charge in [0.15, 0.2) is 0 Å². The van der Waals surface area contributed by atoms with Crippen molar-refractivity contribution < 1.29 is 29.6 Å². The third-order valence-corrected chi connectivity index (χ3v) is 4.24. The lowest BCUT2D eigenvalue weighted by atomic mass is 9.75. The predicted molar refractivity (Wildman–Crippen MR) is 70.9 cm³/mol. The monoisotopic (exact) mass is 289 g/mol. The highest BCUT2D eigenvalue weighted by Gasteiger charge is 2.65. The van der Waals surface area contributed by atoms with E-state index in [1.807, 2.05) is 0 Å². The molecule has 0 unspecified atom stereocenters. The molecule has 0 spiro atoms. The summed E-state index contributed by atoms with van der Waals surface area (Å²) in [4.78, 5) is 12.8. The number of nitrogens with zero attached hydrogens (tertiary/aromatic N) is 1. The summed E-state index contributed by atoms with van der Waals surface area (Å²) in [5.41, 5.74) is -3.09. The van der Waals surface area contributed by atoms with Crippen molar-refractivity contribution in [2.24, 2.45) is 5.92 Å².